The molecule has 4 nitrogen and oxygen atoms in total. The number of rotatable bonds is 3. The maximum Gasteiger partial charge on any atom is 0.243 e. The SMILES string of the molecule is O=S(=O)(c1ccccc1)N1CCC[C@@H](CO)C1. The van der Waals surface area contributed by atoms with Crippen LogP contribution < -0.4 is 0 Å². The molecule has 0 aliphatic carbocycles. The van der Waals surface area contributed by atoms with E-state index >= 15 is 0 Å². The number of piperidine rings is 1. The van der Waals surface area contributed by atoms with Crippen molar-refractivity contribution in [3.05, 3.63) is 30.3 Å². The Balaban J connectivity index is 2.21. The normalized spacial score (nSPS) is 22.5. The van der Waals surface area contributed by atoms with Gasteiger partial charge in [-0.1, -0.05) is 18.2 Å². The van der Waals surface area contributed by atoms with Gasteiger partial charge in [-0.15, -0.1) is 0 Å². The molecule has 94 valence electrons. The van der Waals surface area contributed by atoms with Crippen LogP contribution in [0.2, 0.25) is 0 Å². The van der Waals surface area contributed by atoms with E-state index in [1.54, 1.807) is 30.3 Å². The molecule has 1 aromatic carbocycles. The van der Waals surface area contributed by atoms with Crippen molar-refractivity contribution in [1.29, 1.82) is 0 Å². The van der Waals surface area contributed by atoms with Crippen LogP contribution in [0.15, 0.2) is 35.2 Å². The lowest BCUT2D eigenvalue weighted by Crippen LogP contribution is -2.40. The predicted octanol–water partition coefficient (Wildman–Crippen LogP) is 1.08. The second-order valence-corrected chi connectivity index (χ2v) is 6.30. The van der Waals surface area contributed by atoms with E-state index < -0.39 is 10.0 Å². The van der Waals surface area contributed by atoms with Gasteiger partial charge in [0.15, 0.2) is 0 Å². The molecule has 17 heavy (non-hydrogen) atoms. The van der Waals surface area contributed by atoms with E-state index in [1.165, 1.54) is 4.31 Å². The summed E-state index contributed by atoms with van der Waals surface area (Å²) in [6.07, 6.45) is 1.72. The summed E-state index contributed by atoms with van der Waals surface area (Å²) < 4.78 is 26.1. The van der Waals surface area contributed by atoms with Crippen LogP contribution >= 0.6 is 0 Å². The van der Waals surface area contributed by atoms with Gasteiger partial charge in [-0.25, -0.2) is 8.42 Å². The molecule has 2 rings (SSSR count). The Hall–Kier alpha value is -0.910. The maximum absolute atomic E-state index is 12.3. The second-order valence-electron chi connectivity index (χ2n) is 4.37. The molecular weight excluding hydrogens is 238 g/mol. The van der Waals surface area contributed by atoms with Crippen LogP contribution in [0.4, 0.5) is 0 Å². The van der Waals surface area contributed by atoms with E-state index in [0.29, 0.717) is 18.0 Å². The van der Waals surface area contributed by atoms with Gasteiger partial charge in [-0.2, -0.15) is 4.31 Å². The smallest absolute Gasteiger partial charge is 0.243 e. The average Bonchev–Trinajstić information content (AvgIpc) is 2.40. The standard InChI is InChI=1S/C12H17NO3S/c14-10-11-5-4-8-13(9-11)17(15,16)12-6-2-1-3-7-12/h1-3,6-7,11,14H,4-5,8-10H2/t11-/m1/s1. The molecule has 1 heterocycles. The minimum Gasteiger partial charge on any atom is -0.396 e. The number of benzene rings is 1. The first-order valence-electron chi connectivity index (χ1n) is 5.80. The van der Waals surface area contributed by atoms with Crippen molar-refractivity contribution < 1.29 is 13.5 Å². The third-order valence-electron chi connectivity index (χ3n) is 3.12. The highest BCUT2D eigenvalue weighted by Gasteiger charge is 2.29. The van der Waals surface area contributed by atoms with Crippen LogP contribution in [0.25, 0.3) is 0 Å². The molecule has 1 fully saturated rings. The molecule has 0 spiro atoms. The molecular formula is C12H17NO3S. The summed E-state index contributed by atoms with van der Waals surface area (Å²) in [4.78, 5) is 0.332. The first-order valence-corrected chi connectivity index (χ1v) is 7.24. The quantitative estimate of drug-likeness (QED) is 0.879. The van der Waals surface area contributed by atoms with Crippen molar-refractivity contribution in [2.24, 2.45) is 5.92 Å². The van der Waals surface area contributed by atoms with Crippen molar-refractivity contribution in [1.82, 2.24) is 4.31 Å². The molecule has 0 radical (unpaired) electrons. The van der Waals surface area contributed by atoms with Gasteiger partial charge >= 0.3 is 0 Å². The monoisotopic (exact) mass is 255 g/mol. The molecule has 1 N–H and O–H groups in total. The molecule has 1 aliphatic heterocycles. The lowest BCUT2D eigenvalue weighted by atomic mass is 10.0. The Kier molecular flexibility index (Phi) is 3.81. The van der Waals surface area contributed by atoms with Gasteiger partial charge < -0.3 is 5.11 Å². The van der Waals surface area contributed by atoms with Gasteiger partial charge in [0.05, 0.1) is 4.90 Å². The summed E-state index contributed by atoms with van der Waals surface area (Å²) in [6, 6.07) is 8.46. The predicted molar refractivity (Wildman–Crippen MR) is 65.0 cm³/mol. The summed E-state index contributed by atoms with van der Waals surface area (Å²) in [5, 5.41) is 9.12. The Morgan fingerprint density at radius 3 is 2.65 bits per heavy atom. The zero-order valence-electron chi connectivity index (χ0n) is 9.62. The topological polar surface area (TPSA) is 57.6 Å². The molecule has 0 amide bonds. The van der Waals surface area contributed by atoms with E-state index in [9.17, 15) is 8.42 Å². The van der Waals surface area contributed by atoms with E-state index in [0.717, 1.165) is 12.8 Å². The van der Waals surface area contributed by atoms with Crippen LogP contribution in [0.1, 0.15) is 12.8 Å². The van der Waals surface area contributed by atoms with Gasteiger partial charge in [0, 0.05) is 19.7 Å². The Morgan fingerprint density at radius 2 is 2.00 bits per heavy atom. The number of hydrogen-bond donors (Lipinski definition) is 1. The van der Waals surface area contributed by atoms with Crippen molar-refractivity contribution in [3.63, 3.8) is 0 Å². The van der Waals surface area contributed by atoms with E-state index in [2.05, 4.69) is 0 Å². The number of sulfonamides is 1. The Morgan fingerprint density at radius 1 is 1.29 bits per heavy atom. The van der Waals surface area contributed by atoms with Crippen molar-refractivity contribution in [2.45, 2.75) is 17.7 Å². The second kappa shape index (κ2) is 5.16. The zero-order chi connectivity index (χ0) is 12.3. The molecule has 1 saturated heterocycles. The van der Waals surface area contributed by atoms with Gasteiger partial charge in [0.2, 0.25) is 10.0 Å². The van der Waals surface area contributed by atoms with Crippen LogP contribution in [-0.4, -0.2) is 37.5 Å². The zero-order valence-corrected chi connectivity index (χ0v) is 10.4. The highest BCUT2D eigenvalue weighted by molar-refractivity contribution is 7.89. The van der Waals surface area contributed by atoms with E-state index in [1.807, 2.05) is 0 Å². The van der Waals surface area contributed by atoms with Crippen molar-refractivity contribution in [3.8, 4) is 0 Å². The summed E-state index contributed by atoms with van der Waals surface area (Å²) in [5.74, 6) is 0.0715. The summed E-state index contributed by atoms with van der Waals surface area (Å²) >= 11 is 0. The van der Waals surface area contributed by atoms with E-state index in [4.69, 9.17) is 5.11 Å². The Labute approximate surface area is 102 Å². The molecule has 1 aromatic rings. The fourth-order valence-corrected chi connectivity index (χ4v) is 3.71. The van der Waals surface area contributed by atoms with Gasteiger partial charge in [-0.3, -0.25) is 0 Å². The highest BCUT2D eigenvalue weighted by atomic mass is 32.2. The molecule has 0 unspecified atom stereocenters. The molecule has 5 heteroatoms. The number of nitrogens with zero attached hydrogens (tertiary/aromatic N) is 1. The Bertz CT molecular complexity index is 458. The van der Waals surface area contributed by atoms with Crippen LogP contribution in [0.3, 0.4) is 0 Å². The molecule has 1 aliphatic rings. The maximum atomic E-state index is 12.3. The average molecular weight is 255 g/mol. The summed E-state index contributed by atoms with van der Waals surface area (Å²) in [7, 11) is -3.38. The summed E-state index contributed by atoms with van der Waals surface area (Å²) in [5.41, 5.74) is 0. The van der Waals surface area contributed by atoms with Gasteiger partial charge in [-0.05, 0) is 30.9 Å². The van der Waals surface area contributed by atoms with E-state index in [-0.39, 0.29) is 12.5 Å². The molecule has 1 atom stereocenters. The number of aliphatic hydroxyl groups excluding tert-OH is 1. The number of aliphatic hydroxyl groups is 1. The first kappa shape index (κ1) is 12.5. The van der Waals surface area contributed by atoms with Crippen molar-refractivity contribution in [2.75, 3.05) is 19.7 Å². The van der Waals surface area contributed by atoms with Crippen molar-refractivity contribution >= 4 is 10.0 Å². The summed E-state index contributed by atoms with van der Waals surface area (Å²) in [6.45, 7) is 1.03. The molecule has 0 aromatic heterocycles. The van der Waals surface area contributed by atoms with Crippen LogP contribution in [0.5, 0.6) is 0 Å². The van der Waals surface area contributed by atoms with Gasteiger partial charge in [0.1, 0.15) is 0 Å². The molecule has 0 bridgehead atoms. The third kappa shape index (κ3) is 2.68. The third-order valence-corrected chi connectivity index (χ3v) is 5.00. The lowest BCUT2D eigenvalue weighted by Gasteiger charge is -2.30. The van der Waals surface area contributed by atoms with Gasteiger partial charge in [0.25, 0.3) is 0 Å². The molecule has 0 saturated carbocycles. The highest BCUT2D eigenvalue weighted by Crippen LogP contribution is 2.23. The minimum absolute atomic E-state index is 0.0564. The van der Waals surface area contributed by atoms with Crippen LogP contribution in [0, 0.1) is 5.92 Å². The van der Waals surface area contributed by atoms with Crippen LogP contribution in [-0.2, 0) is 10.0 Å². The minimum atomic E-state index is -3.38. The first-order chi connectivity index (χ1) is 8.14. The fraction of sp³-hybridized carbons (Fsp3) is 0.500. The number of hydrogen-bond acceptors (Lipinski definition) is 3. The largest absolute Gasteiger partial charge is 0.396 e. The lowest BCUT2D eigenvalue weighted by molar-refractivity contribution is 0.165. The fourth-order valence-electron chi connectivity index (χ4n) is 2.14.